The Labute approximate surface area is 178 Å². The normalized spacial score (nSPS) is 11.9. The van der Waals surface area contributed by atoms with E-state index in [4.69, 9.17) is 17.3 Å². The molecule has 0 fully saturated rings. The summed E-state index contributed by atoms with van der Waals surface area (Å²) >= 11 is 5.57. The molecule has 0 saturated heterocycles. The molecule has 1 heterocycles. The predicted octanol–water partition coefficient (Wildman–Crippen LogP) is 0.681. The molecule has 0 spiro atoms. The number of hydrazine groups is 1. The summed E-state index contributed by atoms with van der Waals surface area (Å²) in [6.07, 6.45) is 0.166. The van der Waals surface area contributed by atoms with Crippen molar-refractivity contribution in [3.63, 3.8) is 0 Å². The number of carbonyl (C=O) groups is 4. The monoisotopic (exact) mass is 436 g/mol. The topological polar surface area (TPSA) is 150 Å². The van der Waals surface area contributed by atoms with E-state index >= 15 is 0 Å². The van der Waals surface area contributed by atoms with Gasteiger partial charge in [0.2, 0.25) is 5.91 Å². The van der Waals surface area contributed by atoms with Crippen LogP contribution in [0.2, 0.25) is 0 Å². The average Bonchev–Trinajstić information content (AvgIpc) is 3.13. The Balaban J connectivity index is 2.13. The number of carbonyl (C=O) groups excluding carboxylic acids is 4. The smallest absolute Gasteiger partial charge is 0.287 e. The number of para-hydroxylation sites is 2. The molecule has 1 atom stereocenters. The number of alkyl halides is 1. The molecule has 0 aliphatic carbocycles. The van der Waals surface area contributed by atoms with Gasteiger partial charge in [-0.3, -0.25) is 29.6 Å². The number of nitrogens with one attached hydrogen (secondary N) is 3. The summed E-state index contributed by atoms with van der Waals surface area (Å²) in [5, 5.41) is 3.58. The minimum Gasteiger partial charge on any atom is -0.370 e. The summed E-state index contributed by atoms with van der Waals surface area (Å²) in [7, 11) is 0. The van der Waals surface area contributed by atoms with Gasteiger partial charge in [-0.2, -0.15) is 0 Å². The van der Waals surface area contributed by atoms with Crippen LogP contribution in [0.4, 0.5) is 0 Å². The lowest BCUT2D eigenvalue weighted by Crippen LogP contribution is -2.55. The molecule has 0 bridgehead atoms. The number of imidazole rings is 1. The SMILES string of the molecule is CC(C)CC(NC(=O)c1nc2ccccc2[nH]1)C(=O)NN(CCC(N)=O)C(=O)CCl. The van der Waals surface area contributed by atoms with E-state index in [1.165, 1.54) is 0 Å². The number of nitrogens with two attached hydrogens (primary N) is 1. The molecular formula is C19H25ClN6O4. The quantitative estimate of drug-likeness (QED) is 0.336. The van der Waals surface area contributed by atoms with E-state index in [0.717, 1.165) is 5.01 Å². The van der Waals surface area contributed by atoms with Gasteiger partial charge in [-0.1, -0.05) is 26.0 Å². The van der Waals surface area contributed by atoms with Crippen molar-refractivity contribution >= 4 is 46.3 Å². The van der Waals surface area contributed by atoms with E-state index in [1.807, 2.05) is 19.9 Å². The van der Waals surface area contributed by atoms with Crippen LogP contribution in [-0.2, 0) is 14.4 Å². The third kappa shape index (κ3) is 6.45. The highest BCUT2D eigenvalue weighted by atomic mass is 35.5. The third-order valence-corrected chi connectivity index (χ3v) is 4.40. The number of primary amides is 1. The highest BCUT2D eigenvalue weighted by Gasteiger charge is 2.26. The van der Waals surface area contributed by atoms with Crippen molar-refractivity contribution < 1.29 is 19.2 Å². The second-order valence-corrected chi connectivity index (χ2v) is 7.40. The van der Waals surface area contributed by atoms with Gasteiger partial charge < -0.3 is 16.0 Å². The number of aromatic amines is 1. The van der Waals surface area contributed by atoms with Crippen molar-refractivity contribution in [2.75, 3.05) is 12.4 Å². The van der Waals surface area contributed by atoms with E-state index in [0.29, 0.717) is 17.5 Å². The second-order valence-electron chi connectivity index (χ2n) is 7.13. The van der Waals surface area contributed by atoms with Gasteiger partial charge in [0.05, 0.1) is 17.6 Å². The van der Waals surface area contributed by atoms with Crippen molar-refractivity contribution in [3.05, 3.63) is 30.1 Å². The van der Waals surface area contributed by atoms with Crippen LogP contribution in [-0.4, -0.2) is 57.1 Å². The van der Waals surface area contributed by atoms with Gasteiger partial charge >= 0.3 is 0 Å². The van der Waals surface area contributed by atoms with Gasteiger partial charge in [-0.25, -0.2) is 4.98 Å². The Hall–Kier alpha value is -3.14. The van der Waals surface area contributed by atoms with Crippen molar-refractivity contribution in [1.82, 2.24) is 25.7 Å². The largest absolute Gasteiger partial charge is 0.370 e. The Kier molecular flexibility index (Phi) is 8.16. The average molecular weight is 437 g/mol. The molecular weight excluding hydrogens is 412 g/mol. The summed E-state index contributed by atoms with van der Waals surface area (Å²) in [4.78, 5) is 55.6. The molecule has 2 aromatic rings. The molecule has 1 aromatic heterocycles. The van der Waals surface area contributed by atoms with Crippen LogP contribution < -0.4 is 16.5 Å². The maximum Gasteiger partial charge on any atom is 0.287 e. The maximum atomic E-state index is 12.8. The maximum absolute atomic E-state index is 12.8. The van der Waals surface area contributed by atoms with Crippen LogP contribution in [0.5, 0.6) is 0 Å². The Morgan fingerprint density at radius 3 is 2.53 bits per heavy atom. The first-order valence-corrected chi connectivity index (χ1v) is 9.95. The highest BCUT2D eigenvalue weighted by Crippen LogP contribution is 2.11. The first-order valence-electron chi connectivity index (χ1n) is 9.42. The summed E-state index contributed by atoms with van der Waals surface area (Å²) in [5.41, 5.74) is 8.85. The molecule has 30 heavy (non-hydrogen) atoms. The first kappa shape index (κ1) is 23.1. The number of rotatable bonds is 9. The van der Waals surface area contributed by atoms with Gasteiger partial charge in [-0.15, -0.1) is 11.6 Å². The molecule has 1 unspecified atom stereocenters. The molecule has 5 N–H and O–H groups in total. The zero-order valence-electron chi connectivity index (χ0n) is 16.8. The molecule has 0 saturated carbocycles. The zero-order valence-corrected chi connectivity index (χ0v) is 17.5. The Bertz CT molecular complexity index is 896. The molecule has 11 heteroatoms. The number of hydrogen-bond donors (Lipinski definition) is 4. The summed E-state index contributed by atoms with van der Waals surface area (Å²) in [6.45, 7) is 3.66. The fourth-order valence-corrected chi connectivity index (χ4v) is 2.88. The number of benzene rings is 1. The number of halogens is 1. The number of nitrogens with zero attached hydrogens (tertiary/aromatic N) is 2. The van der Waals surface area contributed by atoms with Crippen molar-refractivity contribution in [3.8, 4) is 0 Å². The molecule has 162 valence electrons. The number of hydrogen-bond acceptors (Lipinski definition) is 5. The van der Waals surface area contributed by atoms with Crippen LogP contribution >= 0.6 is 11.6 Å². The fourth-order valence-electron chi connectivity index (χ4n) is 2.74. The third-order valence-electron chi connectivity index (χ3n) is 4.18. The number of amides is 4. The molecule has 10 nitrogen and oxygen atoms in total. The summed E-state index contributed by atoms with van der Waals surface area (Å²) < 4.78 is 0. The standard InChI is InChI=1S/C19H25ClN6O4/c1-11(2)9-14(18(29)25-26(16(28)10-20)8-7-15(21)27)24-19(30)17-22-12-5-3-4-6-13(12)23-17/h3-6,11,14H,7-10H2,1-2H3,(H2,21,27)(H,22,23)(H,24,30)(H,25,29). The molecule has 0 aliphatic rings. The van der Waals surface area contributed by atoms with Crippen molar-refractivity contribution in [2.24, 2.45) is 11.7 Å². The lowest BCUT2D eigenvalue weighted by Gasteiger charge is -2.26. The molecule has 1 aromatic carbocycles. The molecule has 0 radical (unpaired) electrons. The van der Waals surface area contributed by atoms with Gasteiger partial charge in [-0.05, 0) is 24.5 Å². The number of H-pyrrole nitrogens is 1. The van der Waals surface area contributed by atoms with E-state index in [2.05, 4.69) is 20.7 Å². The number of fused-ring (bicyclic) bond motifs is 1. The van der Waals surface area contributed by atoms with E-state index in [9.17, 15) is 19.2 Å². The molecule has 0 aliphatic heterocycles. The van der Waals surface area contributed by atoms with Crippen LogP contribution in [0.1, 0.15) is 37.3 Å². The zero-order chi connectivity index (χ0) is 22.3. The lowest BCUT2D eigenvalue weighted by atomic mass is 10.0. The summed E-state index contributed by atoms with van der Waals surface area (Å²) in [6, 6.07) is 6.21. The molecule has 4 amide bonds. The predicted molar refractivity (Wildman–Crippen MR) is 111 cm³/mol. The van der Waals surface area contributed by atoms with Crippen LogP contribution in [0.3, 0.4) is 0 Å². The van der Waals surface area contributed by atoms with Crippen LogP contribution in [0, 0.1) is 5.92 Å². The van der Waals surface area contributed by atoms with Gasteiger partial charge in [0.25, 0.3) is 17.7 Å². The van der Waals surface area contributed by atoms with Crippen molar-refractivity contribution in [2.45, 2.75) is 32.7 Å². The minimum atomic E-state index is -0.940. The summed E-state index contributed by atoms with van der Waals surface area (Å²) in [5.74, 6) is -2.65. The molecule has 2 rings (SSSR count). The van der Waals surface area contributed by atoms with Crippen LogP contribution in [0.15, 0.2) is 24.3 Å². The Morgan fingerprint density at radius 1 is 1.23 bits per heavy atom. The van der Waals surface area contributed by atoms with E-state index < -0.39 is 29.7 Å². The van der Waals surface area contributed by atoms with Gasteiger partial charge in [0.15, 0.2) is 5.82 Å². The highest BCUT2D eigenvalue weighted by molar-refractivity contribution is 6.27. The second kappa shape index (κ2) is 10.6. The van der Waals surface area contributed by atoms with E-state index in [-0.39, 0.29) is 30.6 Å². The first-order chi connectivity index (χ1) is 14.2. The lowest BCUT2D eigenvalue weighted by molar-refractivity contribution is -0.141. The minimum absolute atomic E-state index is 0.0690. The van der Waals surface area contributed by atoms with Crippen LogP contribution in [0.25, 0.3) is 11.0 Å². The van der Waals surface area contributed by atoms with Gasteiger partial charge in [0.1, 0.15) is 11.9 Å². The van der Waals surface area contributed by atoms with Crippen molar-refractivity contribution in [1.29, 1.82) is 0 Å². The Morgan fingerprint density at radius 2 is 1.93 bits per heavy atom. The van der Waals surface area contributed by atoms with E-state index in [1.54, 1.807) is 18.2 Å². The fraction of sp³-hybridized carbons (Fsp3) is 0.421. The van der Waals surface area contributed by atoms with Gasteiger partial charge in [0, 0.05) is 6.42 Å². The number of aromatic nitrogens is 2.